The number of unbranched alkanes of at least 4 members (excludes halogenated alkanes) is 3. The number of rotatable bonds is 16. The molecule has 8 heteroatoms. The van der Waals surface area contributed by atoms with Gasteiger partial charge in [-0.2, -0.15) is 10.2 Å². The van der Waals surface area contributed by atoms with Crippen LogP contribution in [0.25, 0.3) is 0 Å². The number of esters is 2. The highest BCUT2D eigenvalue weighted by molar-refractivity contribution is 5.91. The molecule has 0 atom stereocenters. The van der Waals surface area contributed by atoms with Crippen molar-refractivity contribution in [2.24, 2.45) is 10.2 Å². The summed E-state index contributed by atoms with van der Waals surface area (Å²) in [6.45, 7) is 10.7. The van der Waals surface area contributed by atoms with Crippen molar-refractivity contribution in [3.63, 3.8) is 0 Å². The Morgan fingerprint density at radius 2 is 1.39 bits per heavy atom. The van der Waals surface area contributed by atoms with Crippen LogP contribution in [0.3, 0.4) is 0 Å². The molecule has 0 spiro atoms. The van der Waals surface area contributed by atoms with Gasteiger partial charge >= 0.3 is 11.9 Å². The van der Waals surface area contributed by atoms with Crippen molar-refractivity contribution in [3.8, 4) is 17.2 Å². The molecule has 0 unspecified atom stereocenters. The van der Waals surface area contributed by atoms with E-state index in [0.29, 0.717) is 54.6 Å². The Morgan fingerprint density at radius 1 is 0.756 bits per heavy atom. The number of hydrogen-bond acceptors (Lipinski definition) is 8. The minimum atomic E-state index is -0.449. The normalized spacial score (nSPS) is 10.8. The van der Waals surface area contributed by atoms with Gasteiger partial charge in [-0.1, -0.05) is 13.5 Å². The summed E-state index contributed by atoms with van der Waals surface area (Å²) in [5.74, 6) is 1.13. The summed E-state index contributed by atoms with van der Waals surface area (Å²) < 4.78 is 21.9. The molecule has 0 aliphatic rings. The largest absolute Gasteiger partial charge is 0.494 e. The molecule has 0 aromatic heterocycles. The zero-order chi connectivity index (χ0) is 29.5. The Bertz CT molecular complexity index is 1320. The molecule has 0 aliphatic heterocycles. The third-order valence-electron chi connectivity index (χ3n) is 6.04. The lowest BCUT2D eigenvalue weighted by Crippen LogP contribution is -2.08. The average Bonchev–Trinajstić information content (AvgIpc) is 2.98. The van der Waals surface area contributed by atoms with Gasteiger partial charge in [0, 0.05) is 5.57 Å². The molecular weight excluding hydrogens is 520 g/mol. The predicted molar refractivity (Wildman–Crippen MR) is 159 cm³/mol. The van der Waals surface area contributed by atoms with Gasteiger partial charge in [0.15, 0.2) is 0 Å². The molecule has 216 valence electrons. The molecule has 0 radical (unpaired) electrons. The van der Waals surface area contributed by atoms with Crippen LogP contribution in [0.1, 0.15) is 62.4 Å². The highest BCUT2D eigenvalue weighted by Crippen LogP contribution is 2.28. The van der Waals surface area contributed by atoms with Gasteiger partial charge in [0.1, 0.15) is 17.2 Å². The Labute approximate surface area is 242 Å². The van der Waals surface area contributed by atoms with E-state index < -0.39 is 5.97 Å². The molecule has 41 heavy (non-hydrogen) atoms. The maximum Gasteiger partial charge on any atom is 0.343 e. The summed E-state index contributed by atoms with van der Waals surface area (Å²) in [5.41, 5.74) is 3.20. The van der Waals surface area contributed by atoms with Gasteiger partial charge in [-0.25, -0.2) is 9.59 Å². The second kappa shape index (κ2) is 16.6. The molecular formula is C33H38N2O6. The lowest BCUT2D eigenvalue weighted by atomic mass is 10.1. The highest BCUT2D eigenvalue weighted by atomic mass is 16.5. The molecule has 0 N–H and O–H groups in total. The first kappa shape index (κ1) is 31.1. The molecule has 0 saturated heterocycles. The monoisotopic (exact) mass is 558 g/mol. The minimum absolute atomic E-state index is 0.344. The van der Waals surface area contributed by atoms with E-state index in [-0.39, 0.29) is 5.97 Å². The van der Waals surface area contributed by atoms with Gasteiger partial charge in [0.05, 0.1) is 36.8 Å². The SMILES string of the molecule is C=C(C)C(=O)OCCCCCCOc1ccc(C(=O)Oc2ccc(N=Nc3ccc(OCC)cc3)c(CC)c2)cc1. The number of carbonyl (C=O) groups excluding carboxylic acids is 2. The van der Waals surface area contributed by atoms with Crippen molar-refractivity contribution in [2.75, 3.05) is 19.8 Å². The third-order valence-corrected chi connectivity index (χ3v) is 6.04. The van der Waals surface area contributed by atoms with Crippen LogP contribution in [0.15, 0.2) is 89.1 Å². The van der Waals surface area contributed by atoms with Gasteiger partial charge in [0.25, 0.3) is 0 Å². The first-order chi connectivity index (χ1) is 19.9. The highest BCUT2D eigenvalue weighted by Gasteiger charge is 2.11. The number of carbonyl (C=O) groups is 2. The molecule has 3 aromatic rings. The fraction of sp³-hybridized carbons (Fsp3) is 0.333. The van der Waals surface area contributed by atoms with E-state index in [1.807, 2.05) is 44.2 Å². The number of benzene rings is 3. The summed E-state index contributed by atoms with van der Waals surface area (Å²) in [7, 11) is 0. The Morgan fingerprint density at radius 3 is 2.05 bits per heavy atom. The van der Waals surface area contributed by atoms with E-state index in [1.54, 1.807) is 43.3 Å². The van der Waals surface area contributed by atoms with Crippen molar-refractivity contribution < 1.29 is 28.5 Å². The summed E-state index contributed by atoms with van der Waals surface area (Å²) in [5, 5.41) is 8.70. The number of hydrogen-bond donors (Lipinski definition) is 0. The van der Waals surface area contributed by atoms with Crippen LogP contribution in [0.5, 0.6) is 17.2 Å². The standard InChI is InChI=1S/C33H38N2O6/c1-5-25-23-30(19-20-31(25)35-34-27-13-17-28(18-14-27)38-6-2)41-33(37)26-11-15-29(16-12-26)39-21-9-7-8-10-22-40-32(36)24(3)4/h11-20,23H,3,5-10,21-22H2,1-2,4H3. The first-order valence-corrected chi connectivity index (χ1v) is 13.9. The minimum Gasteiger partial charge on any atom is -0.494 e. The van der Waals surface area contributed by atoms with Gasteiger partial charge in [-0.15, -0.1) is 0 Å². The molecule has 0 fully saturated rings. The van der Waals surface area contributed by atoms with Crippen molar-refractivity contribution in [2.45, 2.75) is 52.9 Å². The predicted octanol–water partition coefficient (Wildman–Crippen LogP) is 8.34. The third kappa shape index (κ3) is 10.6. The van der Waals surface area contributed by atoms with E-state index in [2.05, 4.69) is 16.8 Å². The van der Waals surface area contributed by atoms with Gasteiger partial charge in [-0.3, -0.25) is 0 Å². The van der Waals surface area contributed by atoms with Crippen LogP contribution in [0.4, 0.5) is 11.4 Å². The maximum absolute atomic E-state index is 12.7. The summed E-state index contributed by atoms with van der Waals surface area (Å²) >= 11 is 0. The lowest BCUT2D eigenvalue weighted by Gasteiger charge is -2.09. The smallest absolute Gasteiger partial charge is 0.343 e. The Balaban J connectivity index is 1.44. The quantitative estimate of drug-likeness (QED) is 0.0576. The average molecular weight is 559 g/mol. The fourth-order valence-electron chi connectivity index (χ4n) is 3.78. The Hall–Kier alpha value is -4.46. The van der Waals surface area contributed by atoms with Crippen molar-refractivity contribution >= 4 is 23.3 Å². The van der Waals surface area contributed by atoms with Crippen molar-refractivity contribution in [1.29, 1.82) is 0 Å². The lowest BCUT2D eigenvalue weighted by molar-refractivity contribution is -0.139. The summed E-state index contributed by atoms with van der Waals surface area (Å²) in [4.78, 5) is 24.0. The van der Waals surface area contributed by atoms with E-state index in [1.165, 1.54) is 0 Å². The second-order valence-electron chi connectivity index (χ2n) is 9.36. The summed E-state index contributed by atoms with van der Waals surface area (Å²) in [6.07, 6.45) is 4.32. The first-order valence-electron chi connectivity index (χ1n) is 13.9. The van der Waals surface area contributed by atoms with Gasteiger partial charge < -0.3 is 18.9 Å². The zero-order valence-corrected chi connectivity index (χ0v) is 24.1. The van der Waals surface area contributed by atoms with Crippen LogP contribution < -0.4 is 14.2 Å². The van der Waals surface area contributed by atoms with Crippen molar-refractivity contribution in [3.05, 3.63) is 90.0 Å². The van der Waals surface area contributed by atoms with Crippen LogP contribution in [0, 0.1) is 0 Å². The fourth-order valence-corrected chi connectivity index (χ4v) is 3.78. The van der Waals surface area contributed by atoms with E-state index in [4.69, 9.17) is 18.9 Å². The van der Waals surface area contributed by atoms with Gasteiger partial charge in [-0.05, 0) is 118 Å². The second-order valence-corrected chi connectivity index (χ2v) is 9.36. The summed E-state index contributed by atoms with van der Waals surface area (Å²) in [6, 6.07) is 19.6. The van der Waals surface area contributed by atoms with E-state index >= 15 is 0 Å². The number of aryl methyl sites for hydroxylation is 1. The molecule has 3 aromatic carbocycles. The van der Waals surface area contributed by atoms with Crippen LogP contribution >= 0.6 is 0 Å². The molecule has 0 aliphatic carbocycles. The number of nitrogens with zero attached hydrogens (tertiary/aromatic N) is 2. The molecule has 0 bridgehead atoms. The van der Waals surface area contributed by atoms with Crippen LogP contribution in [-0.4, -0.2) is 31.8 Å². The maximum atomic E-state index is 12.7. The topological polar surface area (TPSA) is 95.8 Å². The van der Waals surface area contributed by atoms with E-state index in [9.17, 15) is 9.59 Å². The van der Waals surface area contributed by atoms with E-state index in [0.717, 1.165) is 42.7 Å². The van der Waals surface area contributed by atoms with Crippen LogP contribution in [-0.2, 0) is 16.0 Å². The Kier molecular flexibility index (Phi) is 12.6. The van der Waals surface area contributed by atoms with Crippen molar-refractivity contribution in [1.82, 2.24) is 0 Å². The van der Waals surface area contributed by atoms with Crippen LogP contribution in [0.2, 0.25) is 0 Å². The number of azo groups is 1. The molecule has 0 amide bonds. The van der Waals surface area contributed by atoms with Gasteiger partial charge in [0.2, 0.25) is 0 Å². The number of ether oxygens (including phenoxy) is 4. The zero-order valence-electron chi connectivity index (χ0n) is 24.1. The molecule has 3 rings (SSSR count). The molecule has 0 heterocycles. The molecule has 0 saturated carbocycles. The molecule has 8 nitrogen and oxygen atoms in total.